The van der Waals surface area contributed by atoms with Gasteiger partial charge in [0.2, 0.25) is 0 Å². The number of nitrogens with two attached hydrogens (primary N) is 5. The van der Waals surface area contributed by atoms with Crippen LogP contribution in [0, 0.1) is 0 Å². The summed E-state index contributed by atoms with van der Waals surface area (Å²) in [6.45, 7) is 31.6. The highest BCUT2D eigenvalue weighted by Gasteiger charge is 2.24. The molecule has 0 amide bonds. The van der Waals surface area contributed by atoms with Crippen molar-refractivity contribution in [2.75, 3.05) is 28.7 Å². The largest absolute Gasteiger partial charge is 0.397 e. The second-order valence-electron chi connectivity index (χ2n) is 24.9. The summed E-state index contributed by atoms with van der Waals surface area (Å²) in [5.41, 5.74) is 42.9. The maximum Gasteiger partial charge on any atom is 0.0893 e. The number of hydrogen-bond donors (Lipinski definition) is 5. The van der Waals surface area contributed by atoms with Crippen LogP contribution in [0.5, 0.6) is 0 Å². The molecular weight excluding hydrogens is 1110 g/mol. The number of nitrogen functional groups attached to an aromatic ring is 5. The second kappa shape index (κ2) is 24.1. The molecule has 0 saturated carbocycles. The van der Waals surface area contributed by atoms with Gasteiger partial charge in [-0.05, 0) is 84.9 Å². The zero-order chi connectivity index (χ0) is 58.7. The molecule has 5 aromatic carbocycles. The molecule has 10 rings (SSSR count). The van der Waals surface area contributed by atoms with Gasteiger partial charge in [0.1, 0.15) is 0 Å². The van der Waals surface area contributed by atoms with Crippen LogP contribution in [0.4, 0.5) is 28.4 Å². The number of fused-ring (bicyclic) bond motifs is 5. The summed E-state index contributed by atoms with van der Waals surface area (Å²) in [6, 6.07) is 41.0. The molecule has 0 aliphatic rings. The van der Waals surface area contributed by atoms with E-state index in [1.165, 1.54) is 0 Å². The minimum atomic E-state index is -0.0720. The third-order valence-corrected chi connectivity index (χ3v) is 13.9. The van der Waals surface area contributed by atoms with E-state index in [-0.39, 0.29) is 27.1 Å². The van der Waals surface area contributed by atoms with Crippen LogP contribution in [-0.2, 0) is 27.1 Å². The quantitative estimate of drug-likeness (QED) is 0.0975. The lowest BCUT2D eigenvalue weighted by molar-refractivity contribution is 0.574. The lowest BCUT2D eigenvalue weighted by atomic mass is 9.90. The SMILES string of the molecule is CC(C)(C)c1nc2c(Cl)cccc2cc1N.CC(C)(C)c1nc2cc(Cl)ccc2cc1N.CC(C)(C)c1nc2ccc(Br)cc2cc1N.CC(C)(C)c1nc2cccc(Cl)c2cc1N.CC(C)(C)c1nc2ccccc2cc1N. The Morgan fingerprint density at radius 2 is 0.709 bits per heavy atom. The van der Waals surface area contributed by atoms with Gasteiger partial charge in [0.15, 0.2) is 0 Å². The highest BCUT2D eigenvalue weighted by atomic mass is 79.9. The summed E-state index contributed by atoms with van der Waals surface area (Å²) < 4.78 is 1.05. The third-order valence-electron chi connectivity index (χ3n) is 12.6. The lowest BCUT2D eigenvalue weighted by Gasteiger charge is -2.20. The minimum Gasteiger partial charge on any atom is -0.397 e. The first-order chi connectivity index (χ1) is 36.5. The Bertz CT molecular complexity index is 3800. The molecule has 79 heavy (non-hydrogen) atoms. The molecular formula is C65H76BrCl3N10. The van der Waals surface area contributed by atoms with E-state index in [0.717, 1.165) is 110 Å². The van der Waals surface area contributed by atoms with Crippen molar-refractivity contribution >= 4 is 134 Å². The van der Waals surface area contributed by atoms with Gasteiger partial charge in [0, 0.05) is 63.5 Å². The maximum atomic E-state index is 6.13. The minimum absolute atomic E-state index is 0.00584. The zero-order valence-electron chi connectivity index (χ0n) is 48.3. The van der Waals surface area contributed by atoms with Crippen molar-refractivity contribution in [3.63, 3.8) is 0 Å². The Hall–Kier alpha value is -6.50. The van der Waals surface area contributed by atoms with E-state index >= 15 is 0 Å². The first-order valence-corrected chi connectivity index (χ1v) is 28.0. The molecule has 0 spiro atoms. The molecule has 10 N–H and O–H groups in total. The van der Waals surface area contributed by atoms with Crippen molar-refractivity contribution in [3.05, 3.63) is 175 Å². The van der Waals surface area contributed by atoms with Crippen LogP contribution in [0.15, 0.2) is 132 Å². The lowest BCUT2D eigenvalue weighted by Crippen LogP contribution is -2.16. The van der Waals surface area contributed by atoms with Gasteiger partial charge in [-0.1, -0.05) is 197 Å². The first kappa shape index (κ1) is 61.7. The average Bonchev–Trinajstić information content (AvgIpc) is 3.38. The van der Waals surface area contributed by atoms with E-state index in [1.807, 2.05) is 127 Å². The van der Waals surface area contributed by atoms with Crippen LogP contribution < -0.4 is 28.7 Å². The predicted molar refractivity (Wildman–Crippen MR) is 347 cm³/mol. The smallest absolute Gasteiger partial charge is 0.0893 e. The second-order valence-corrected chi connectivity index (χ2v) is 27.0. The maximum absolute atomic E-state index is 6.13. The fraction of sp³-hybridized carbons (Fsp3) is 0.308. The van der Waals surface area contributed by atoms with Gasteiger partial charge in [0.05, 0.1) is 94.5 Å². The van der Waals surface area contributed by atoms with Gasteiger partial charge in [-0.2, -0.15) is 0 Å². The van der Waals surface area contributed by atoms with Crippen LogP contribution in [0.25, 0.3) is 54.5 Å². The Morgan fingerprint density at radius 1 is 0.329 bits per heavy atom. The van der Waals surface area contributed by atoms with Gasteiger partial charge in [0.25, 0.3) is 0 Å². The summed E-state index contributed by atoms with van der Waals surface area (Å²) >= 11 is 21.6. The number of rotatable bonds is 0. The standard InChI is InChI=1S/C13H15BrN2.3C13H15ClN2.C13H16N2/c1-13(2,3)12-10(15)7-8-6-9(14)4-5-11(8)16-12;1-13(2,3)12-10(15)6-8-4-5-9(14)7-11(8)16-12;1-13(2,3)12-10(15)7-8-9(14)5-4-6-11(8)16-12;1-13(2,3)12-10(15)7-8-5-4-6-9(14)11(8)16-12;1-13(2,3)12-10(14)8-9-6-4-5-7-11(9)15-12/h4*4-7H,15H2,1-3H3;4-8H,14H2,1-3H3. The van der Waals surface area contributed by atoms with Crippen LogP contribution in [0.3, 0.4) is 0 Å². The van der Waals surface area contributed by atoms with E-state index in [4.69, 9.17) is 63.5 Å². The van der Waals surface area contributed by atoms with E-state index in [1.54, 1.807) is 0 Å². The number of hydrogen-bond acceptors (Lipinski definition) is 10. The van der Waals surface area contributed by atoms with Crippen LogP contribution in [0.1, 0.15) is 132 Å². The number of anilines is 5. The molecule has 0 unspecified atom stereocenters. The van der Waals surface area contributed by atoms with Crippen molar-refractivity contribution in [1.29, 1.82) is 0 Å². The van der Waals surface area contributed by atoms with Gasteiger partial charge in [-0.15, -0.1) is 0 Å². The van der Waals surface area contributed by atoms with E-state index in [9.17, 15) is 0 Å². The zero-order valence-corrected chi connectivity index (χ0v) is 52.1. The summed E-state index contributed by atoms with van der Waals surface area (Å²) in [5.74, 6) is 0. The highest BCUT2D eigenvalue weighted by molar-refractivity contribution is 9.10. The fourth-order valence-corrected chi connectivity index (χ4v) is 9.80. The number of halogens is 4. The molecule has 5 aromatic heterocycles. The van der Waals surface area contributed by atoms with Crippen molar-refractivity contribution < 1.29 is 0 Å². The van der Waals surface area contributed by atoms with E-state index in [2.05, 4.69) is 145 Å². The average molecular weight is 1180 g/mol. The van der Waals surface area contributed by atoms with E-state index < -0.39 is 0 Å². The highest BCUT2D eigenvalue weighted by Crippen LogP contribution is 2.35. The number of aromatic nitrogens is 5. The molecule has 0 radical (unpaired) electrons. The van der Waals surface area contributed by atoms with Gasteiger partial charge in [-0.3, -0.25) is 19.9 Å². The summed E-state index contributed by atoms with van der Waals surface area (Å²) in [6.07, 6.45) is 0. The van der Waals surface area contributed by atoms with Crippen molar-refractivity contribution in [3.8, 4) is 0 Å². The Balaban J connectivity index is 0.000000160. The summed E-state index contributed by atoms with van der Waals surface area (Å²) in [5, 5.41) is 7.15. The molecule has 0 atom stereocenters. The molecule has 0 bridgehead atoms. The first-order valence-electron chi connectivity index (χ1n) is 26.1. The third kappa shape index (κ3) is 15.7. The number of nitrogens with zero attached hydrogens (tertiary/aromatic N) is 5. The molecule has 0 saturated heterocycles. The predicted octanol–water partition coefficient (Wildman–Crippen LogP) is 18.3. The number of para-hydroxylation sites is 2. The van der Waals surface area contributed by atoms with Crippen LogP contribution in [0.2, 0.25) is 15.1 Å². The normalized spacial score (nSPS) is 12.0. The molecule has 0 aliphatic heterocycles. The summed E-state index contributed by atoms with van der Waals surface area (Å²) in [7, 11) is 0. The molecule has 5 heterocycles. The van der Waals surface area contributed by atoms with Crippen molar-refractivity contribution in [2.45, 2.75) is 131 Å². The van der Waals surface area contributed by atoms with Gasteiger partial charge in [-0.25, -0.2) is 4.98 Å². The summed E-state index contributed by atoms with van der Waals surface area (Å²) in [4.78, 5) is 23.0. The van der Waals surface area contributed by atoms with Crippen molar-refractivity contribution in [2.24, 2.45) is 0 Å². The Kier molecular flexibility index (Phi) is 18.8. The Morgan fingerprint density at radius 3 is 1.24 bits per heavy atom. The molecule has 10 nitrogen and oxygen atoms in total. The van der Waals surface area contributed by atoms with Crippen LogP contribution >= 0.6 is 50.7 Å². The van der Waals surface area contributed by atoms with E-state index in [0.29, 0.717) is 20.8 Å². The van der Waals surface area contributed by atoms with Crippen LogP contribution in [-0.4, -0.2) is 24.9 Å². The molecule has 414 valence electrons. The number of benzene rings is 5. The molecule has 0 aliphatic carbocycles. The number of pyridine rings is 5. The van der Waals surface area contributed by atoms with Crippen molar-refractivity contribution in [1.82, 2.24) is 24.9 Å². The fourth-order valence-electron chi connectivity index (χ4n) is 8.81. The topological polar surface area (TPSA) is 195 Å². The molecule has 14 heteroatoms. The molecule has 0 fully saturated rings. The van der Waals surface area contributed by atoms with Gasteiger partial charge >= 0.3 is 0 Å². The monoisotopic (exact) mass is 1180 g/mol. The van der Waals surface area contributed by atoms with Gasteiger partial charge < -0.3 is 28.7 Å². The molecule has 10 aromatic rings. The Labute approximate surface area is 490 Å².